The molecule has 0 aliphatic carbocycles. The first kappa shape index (κ1) is 17.8. The molecule has 0 N–H and O–H groups in total. The fraction of sp³-hybridized carbons (Fsp3) is 1.00. The molecule has 0 aromatic carbocycles. The lowest BCUT2D eigenvalue weighted by molar-refractivity contribution is 0.418. The van der Waals surface area contributed by atoms with Crippen LogP contribution in [-0.4, -0.2) is 66.4 Å². The summed E-state index contributed by atoms with van der Waals surface area (Å²) in [6.07, 6.45) is 5.65. The van der Waals surface area contributed by atoms with E-state index in [1.165, 1.54) is 51.9 Å². The second kappa shape index (κ2) is 12.5. The van der Waals surface area contributed by atoms with Gasteiger partial charge in [-0.1, -0.05) is 7.43 Å². The highest BCUT2D eigenvalue weighted by Crippen LogP contribution is 2.02. The molecule has 90 valence electrons. The van der Waals surface area contributed by atoms with Crippen molar-refractivity contribution < 1.29 is 0 Å². The van der Waals surface area contributed by atoms with Gasteiger partial charge in [0.05, 0.1) is 0 Å². The lowest BCUT2D eigenvalue weighted by Crippen LogP contribution is -2.10. The van der Waals surface area contributed by atoms with Crippen LogP contribution in [0.1, 0.15) is 33.1 Å². The Bertz CT molecular complexity index is 94.2. The van der Waals surface area contributed by atoms with Crippen molar-refractivity contribution in [3.63, 3.8) is 0 Å². The molecular weight excluding hydrogens is 199 g/mol. The monoisotopic (exact) mass is 228 g/mol. The summed E-state index contributed by atoms with van der Waals surface area (Å²) in [4.78, 5) is 4.72. The van der Waals surface area contributed by atoms with E-state index in [-0.39, 0.29) is 7.43 Å². The summed E-state index contributed by atoms with van der Waals surface area (Å²) in [6.45, 7) is 5.28. The van der Waals surface area contributed by atoms with Gasteiger partial charge in [0.15, 0.2) is 0 Å². The number of hydrogen-bond acceptors (Lipinski definition) is 2. The van der Waals surface area contributed by atoms with E-state index in [1.807, 2.05) is 5.79 Å². The number of nitrogens with zero attached hydrogens (tertiary/aromatic N) is 2. The maximum absolute atomic E-state index is 2.42. The zero-order valence-corrected chi connectivity index (χ0v) is 11.3. The molecular formula is C12H29AlN2. The summed E-state index contributed by atoms with van der Waals surface area (Å²) in [7, 11) is 4.35. The Balaban J connectivity index is 0. The van der Waals surface area contributed by atoms with Crippen molar-refractivity contribution in [3.05, 3.63) is 0 Å². The quantitative estimate of drug-likeness (QED) is 0.587. The molecule has 0 atom stereocenters. The second-order valence-electron chi connectivity index (χ2n) is 4.02. The van der Waals surface area contributed by atoms with E-state index >= 15 is 0 Å². The fourth-order valence-corrected chi connectivity index (χ4v) is 1.75. The van der Waals surface area contributed by atoms with Gasteiger partial charge in [-0.2, -0.15) is 0 Å². The lowest BCUT2D eigenvalue weighted by Gasteiger charge is -2.01. The van der Waals surface area contributed by atoms with Gasteiger partial charge >= 0.3 is 0 Å². The highest BCUT2D eigenvalue weighted by Gasteiger charge is 2.03. The van der Waals surface area contributed by atoms with Gasteiger partial charge in [-0.25, -0.2) is 0 Å². The van der Waals surface area contributed by atoms with Gasteiger partial charge in [-0.3, -0.25) is 0 Å². The Hall–Kier alpha value is 0.452. The Morgan fingerprint density at radius 2 is 0.867 bits per heavy atom. The van der Waals surface area contributed by atoms with Crippen LogP contribution >= 0.6 is 0 Å². The molecule has 2 aliphatic rings. The molecule has 2 nitrogen and oxygen atoms in total. The Kier molecular flexibility index (Phi) is 14.9. The van der Waals surface area contributed by atoms with Crippen molar-refractivity contribution in [2.24, 2.45) is 0 Å². The van der Waals surface area contributed by atoms with E-state index < -0.39 is 0 Å². The van der Waals surface area contributed by atoms with Crippen molar-refractivity contribution >= 4 is 16.3 Å². The Labute approximate surface area is 105 Å². The van der Waals surface area contributed by atoms with Crippen molar-refractivity contribution in [2.45, 2.75) is 38.9 Å². The molecule has 0 saturated carbocycles. The van der Waals surface area contributed by atoms with Crippen LogP contribution in [0.3, 0.4) is 0 Å². The molecule has 2 rings (SSSR count). The molecule has 2 fully saturated rings. The molecule has 2 aliphatic heterocycles. The van der Waals surface area contributed by atoms with E-state index in [0.29, 0.717) is 0 Å². The van der Waals surface area contributed by atoms with Gasteiger partial charge in [0.2, 0.25) is 0 Å². The third-order valence-electron chi connectivity index (χ3n) is 2.66. The molecule has 15 heavy (non-hydrogen) atoms. The minimum Gasteiger partial charge on any atom is -0.306 e. The third kappa shape index (κ3) is 10.7. The molecule has 0 bridgehead atoms. The van der Waals surface area contributed by atoms with Crippen LogP contribution in [0.25, 0.3) is 0 Å². The fourth-order valence-electron chi connectivity index (χ4n) is 1.75. The molecule has 2 saturated heterocycles. The van der Waals surface area contributed by atoms with E-state index in [1.54, 1.807) is 0 Å². The van der Waals surface area contributed by atoms with Crippen molar-refractivity contribution in [3.8, 4) is 0 Å². The van der Waals surface area contributed by atoms with E-state index in [2.05, 4.69) is 40.2 Å². The maximum Gasteiger partial charge on any atom is 0.112 e. The number of likely N-dealkylation sites (tertiary alicyclic amines) is 2. The molecule has 0 unspecified atom stereocenters. The van der Waals surface area contributed by atoms with E-state index in [0.717, 1.165) is 0 Å². The molecule has 2 radical (unpaired) electrons. The van der Waals surface area contributed by atoms with Gasteiger partial charge in [-0.05, 0) is 66.0 Å². The van der Waals surface area contributed by atoms with Crippen LogP contribution in [0.5, 0.6) is 0 Å². The summed E-state index contributed by atoms with van der Waals surface area (Å²) in [5, 5.41) is 0. The smallest absolute Gasteiger partial charge is 0.112 e. The summed E-state index contributed by atoms with van der Waals surface area (Å²) < 4.78 is 0. The van der Waals surface area contributed by atoms with Crippen LogP contribution < -0.4 is 0 Å². The second-order valence-corrected chi connectivity index (χ2v) is 4.02. The SMILES string of the molecule is C.CN1CCCC1.CN1CCCC1.[CH3][Al]. The normalized spacial score (nSPS) is 20.7. The minimum absolute atomic E-state index is 0. The van der Waals surface area contributed by atoms with Crippen LogP contribution in [0.4, 0.5) is 0 Å². The number of hydrogen-bond donors (Lipinski definition) is 0. The third-order valence-corrected chi connectivity index (χ3v) is 2.66. The average molecular weight is 228 g/mol. The highest BCUT2D eigenvalue weighted by atomic mass is 27.0. The topological polar surface area (TPSA) is 6.48 Å². The van der Waals surface area contributed by atoms with Crippen molar-refractivity contribution in [1.82, 2.24) is 9.80 Å². The van der Waals surface area contributed by atoms with Gasteiger partial charge in [0.1, 0.15) is 16.3 Å². The number of rotatable bonds is 0. The maximum atomic E-state index is 2.42. The van der Waals surface area contributed by atoms with Crippen LogP contribution in [-0.2, 0) is 0 Å². The van der Waals surface area contributed by atoms with Crippen molar-refractivity contribution in [2.75, 3.05) is 40.3 Å². The van der Waals surface area contributed by atoms with E-state index in [9.17, 15) is 0 Å². The highest BCUT2D eigenvalue weighted by molar-refractivity contribution is 6.05. The largest absolute Gasteiger partial charge is 0.306 e. The molecule has 0 aromatic heterocycles. The first-order chi connectivity index (χ1) is 6.79. The zero-order chi connectivity index (χ0) is 10.8. The molecule has 0 aromatic rings. The lowest BCUT2D eigenvalue weighted by atomic mass is 10.4. The molecule has 2 heterocycles. The molecule has 3 heteroatoms. The predicted octanol–water partition coefficient (Wildman–Crippen LogP) is 2.26. The van der Waals surface area contributed by atoms with Gasteiger partial charge < -0.3 is 9.80 Å². The van der Waals surface area contributed by atoms with Crippen LogP contribution in [0, 0.1) is 0 Å². The Morgan fingerprint density at radius 3 is 0.933 bits per heavy atom. The standard InChI is InChI=1S/2C5H11N.CH4.CH3.Al/c2*1-6-4-2-3-5-6;;;/h2*2-5H2,1H3;1H4;1H3;. The predicted molar refractivity (Wildman–Crippen MR) is 71.8 cm³/mol. The van der Waals surface area contributed by atoms with Crippen molar-refractivity contribution in [1.29, 1.82) is 0 Å². The summed E-state index contributed by atoms with van der Waals surface area (Å²) in [5.74, 6) is 1.92. The first-order valence-electron chi connectivity index (χ1n) is 5.74. The van der Waals surface area contributed by atoms with Crippen LogP contribution in [0.2, 0.25) is 5.79 Å². The van der Waals surface area contributed by atoms with Gasteiger partial charge in [0.25, 0.3) is 0 Å². The first-order valence-corrected chi connectivity index (χ1v) is 6.89. The van der Waals surface area contributed by atoms with Crippen LogP contribution in [0.15, 0.2) is 0 Å². The molecule has 0 spiro atoms. The van der Waals surface area contributed by atoms with Gasteiger partial charge in [-0.15, -0.1) is 5.79 Å². The van der Waals surface area contributed by atoms with E-state index in [4.69, 9.17) is 0 Å². The van der Waals surface area contributed by atoms with Gasteiger partial charge in [0, 0.05) is 0 Å². The zero-order valence-electron chi connectivity index (χ0n) is 10.1. The summed E-state index contributed by atoms with van der Waals surface area (Å²) >= 11 is 2.42. The summed E-state index contributed by atoms with van der Waals surface area (Å²) in [5.41, 5.74) is 0. The average Bonchev–Trinajstić information content (AvgIpc) is 2.83. The summed E-state index contributed by atoms with van der Waals surface area (Å²) in [6, 6.07) is 0. The molecule has 0 amide bonds. The minimum atomic E-state index is 0. The Morgan fingerprint density at radius 1 is 0.667 bits per heavy atom.